The van der Waals surface area contributed by atoms with Crippen molar-refractivity contribution in [2.45, 2.75) is 27.7 Å². The minimum atomic E-state index is -0.0492. The molecule has 2 aromatic rings. The van der Waals surface area contributed by atoms with Crippen molar-refractivity contribution in [2.75, 3.05) is 48.3 Å². The van der Waals surface area contributed by atoms with Gasteiger partial charge in [-0.25, -0.2) is 9.78 Å². The number of anilines is 3. The molecule has 0 radical (unpaired) electrons. The van der Waals surface area contributed by atoms with Gasteiger partial charge in [-0.15, -0.1) is 0 Å². The van der Waals surface area contributed by atoms with Crippen LogP contribution in [0.15, 0.2) is 24.3 Å². The molecule has 1 aliphatic rings. The molecule has 0 spiro atoms. The Balaban J connectivity index is 1.60. The lowest BCUT2D eigenvalue weighted by Gasteiger charge is -2.35. The Labute approximate surface area is 160 Å². The highest BCUT2D eigenvalue weighted by molar-refractivity contribution is 5.89. The van der Waals surface area contributed by atoms with Crippen LogP contribution in [0, 0.1) is 20.8 Å². The van der Waals surface area contributed by atoms with Crippen LogP contribution in [0.2, 0.25) is 0 Å². The molecule has 144 valence electrons. The maximum absolute atomic E-state index is 12.6. The van der Waals surface area contributed by atoms with Gasteiger partial charge in [0, 0.05) is 50.2 Å². The summed E-state index contributed by atoms with van der Waals surface area (Å²) >= 11 is 0. The molecule has 0 atom stereocenters. The van der Waals surface area contributed by atoms with E-state index in [0.717, 1.165) is 48.0 Å². The molecule has 1 fully saturated rings. The van der Waals surface area contributed by atoms with Crippen LogP contribution in [0.5, 0.6) is 0 Å². The predicted octanol–water partition coefficient (Wildman–Crippen LogP) is 3.19. The summed E-state index contributed by atoms with van der Waals surface area (Å²) in [4.78, 5) is 25.6. The summed E-state index contributed by atoms with van der Waals surface area (Å²) in [5.74, 6) is 1.57. The van der Waals surface area contributed by atoms with E-state index in [0.29, 0.717) is 19.0 Å². The van der Waals surface area contributed by atoms with Gasteiger partial charge in [-0.1, -0.05) is 6.07 Å². The van der Waals surface area contributed by atoms with Crippen LogP contribution in [-0.2, 0) is 0 Å². The number of carbonyl (C=O) groups is 1. The first-order chi connectivity index (χ1) is 12.9. The van der Waals surface area contributed by atoms with Crippen LogP contribution >= 0.6 is 0 Å². The smallest absolute Gasteiger partial charge is 0.321 e. The van der Waals surface area contributed by atoms with Gasteiger partial charge in [0.2, 0.25) is 5.95 Å². The third-order valence-electron chi connectivity index (χ3n) is 4.54. The average Bonchev–Trinajstić information content (AvgIpc) is 2.61. The van der Waals surface area contributed by atoms with Crippen LogP contribution in [0.1, 0.15) is 23.7 Å². The summed E-state index contributed by atoms with van der Waals surface area (Å²) in [7, 11) is 0. The maximum Gasteiger partial charge on any atom is 0.321 e. The zero-order chi connectivity index (χ0) is 19.4. The molecule has 2 N–H and O–H groups in total. The van der Waals surface area contributed by atoms with Gasteiger partial charge < -0.3 is 20.4 Å². The lowest BCUT2D eigenvalue weighted by Crippen LogP contribution is -2.50. The number of rotatable bonds is 4. The van der Waals surface area contributed by atoms with E-state index >= 15 is 0 Å². The van der Waals surface area contributed by atoms with Crippen molar-refractivity contribution in [3.63, 3.8) is 0 Å². The molecule has 0 unspecified atom stereocenters. The number of hydrogen-bond acceptors (Lipinski definition) is 5. The Hall–Kier alpha value is -2.83. The van der Waals surface area contributed by atoms with Crippen molar-refractivity contribution in [3.8, 4) is 0 Å². The van der Waals surface area contributed by atoms with E-state index < -0.39 is 0 Å². The molecule has 27 heavy (non-hydrogen) atoms. The number of nitrogens with one attached hydrogen (secondary N) is 2. The number of benzene rings is 1. The lowest BCUT2D eigenvalue weighted by atomic mass is 10.1. The molecule has 1 aromatic carbocycles. The van der Waals surface area contributed by atoms with E-state index in [4.69, 9.17) is 0 Å². The van der Waals surface area contributed by atoms with Crippen LogP contribution in [0.3, 0.4) is 0 Å². The monoisotopic (exact) mass is 368 g/mol. The molecule has 7 nitrogen and oxygen atoms in total. The third kappa shape index (κ3) is 4.87. The third-order valence-corrected chi connectivity index (χ3v) is 4.54. The normalized spacial score (nSPS) is 14.2. The summed E-state index contributed by atoms with van der Waals surface area (Å²) < 4.78 is 0. The average molecular weight is 368 g/mol. The number of hydrogen-bond donors (Lipinski definition) is 2. The topological polar surface area (TPSA) is 73.4 Å². The zero-order valence-electron chi connectivity index (χ0n) is 16.5. The lowest BCUT2D eigenvalue weighted by molar-refractivity contribution is 0.208. The van der Waals surface area contributed by atoms with Gasteiger partial charge in [0.05, 0.1) is 0 Å². The first kappa shape index (κ1) is 18.9. The number of aryl methyl sites for hydroxylation is 3. The molecule has 1 saturated heterocycles. The standard InChI is InChI=1S/C20H28N6O/c1-5-21-19-22-16(4)13-18(24-19)25-6-8-26(9-7-25)20(27)23-17-11-14(2)10-15(3)12-17/h10-13H,5-9H2,1-4H3,(H,23,27)(H,21,22,24). The van der Waals surface area contributed by atoms with Crippen LogP contribution < -0.4 is 15.5 Å². The van der Waals surface area contributed by atoms with Gasteiger partial charge in [0.1, 0.15) is 5.82 Å². The van der Waals surface area contributed by atoms with Gasteiger partial charge in [0.15, 0.2) is 0 Å². The van der Waals surface area contributed by atoms with Crippen molar-refractivity contribution in [2.24, 2.45) is 0 Å². The minimum absolute atomic E-state index is 0.0492. The fourth-order valence-electron chi connectivity index (χ4n) is 3.34. The van der Waals surface area contributed by atoms with Gasteiger partial charge in [-0.05, 0) is 51.0 Å². The molecule has 2 amide bonds. The van der Waals surface area contributed by atoms with Crippen LogP contribution in [0.25, 0.3) is 0 Å². The van der Waals surface area contributed by atoms with Crippen molar-refractivity contribution in [1.82, 2.24) is 14.9 Å². The van der Waals surface area contributed by atoms with E-state index in [9.17, 15) is 4.79 Å². The summed E-state index contributed by atoms with van der Waals surface area (Å²) in [6, 6.07) is 8.03. The number of urea groups is 1. The Morgan fingerprint density at radius 3 is 2.30 bits per heavy atom. The van der Waals surface area contributed by atoms with E-state index in [1.165, 1.54) is 0 Å². The number of piperazine rings is 1. The van der Waals surface area contributed by atoms with Crippen LogP contribution in [-0.4, -0.2) is 53.6 Å². The first-order valence-corrected chi connectivity index (χ1v) is 9.43. The highest BCUT2D eigenvalue weighted by atomic mass is 16.2. The second-order valence-electron chi connectivity index (χ2n) is 7.00. The van der Waals surface area contributed by atoms with Gasteiger partial charge in [0.25, 0.3) is 0 Å². The molecular formula is C20H28N6O. The Bertz CT molecular complexity index is 794. The van der Waals surface area contributed by atoms with Crippen molar-refractivity contribution < 1.29 is 4.79 Å². The quantitative estimate of drug-likeness (QED) is 0.867. The van der Waals surface area contributed by atoms with Gasteiger partial charge in [-0.2, -0.15) is 4.98 Å². The predicted molar refractivity (Wildman–Crippen MR) is 110 cm³/mol. The molecule has 1 aromatic heterocycles. The largest absolute Gasteiger partial charge is 0.354 e. The Morgan fingerprint density at radius 2 is 1.67 bits per heavy atom. The van der Waals surface area contributed by atoms with Crippen molar-refractivity contribution in [3.05, 3.63) is 41.1 Å². The summed E-state index contributed by atoms with van der Waals surface area (Å²) in [6.45, 7) is 11.7. The SMILES string of the molecule is CCNc1nc(C)cc(N2CCN(C(=O)Nc3cc(C)cc(C)c3)CC2)n1. The number of carbonyl (C=O) groups excluding carboxylic acids is 1. The second-order valence-corrected chi connectivity index (χ2v) is 7.00. The highest BCUT2D eigenvalue weighted by Crippen LogP contribution is 2.18. The minimum Gasteiger partial charge on any atom is -0.354 e. The summed E-state index contributed by atoms with van der Waals surface area (Å²) in [6.07, 6.45) is 0. The van der Waals surface area contributed by atoms with Gasteiger partial charge in [-0.3, -0.25) is 0 Å². The van der Waals surface area contributed by atoms with Crippen molar-refractivity contribution in [1.29, 1.82) is 0 Å². The zero-order valence-corrected chi connectivity index (χ0v) is 16.5. The molecule has 7 heteroatoms. The second kappa shape index (κ2) is 8.24. The number of amides is 2. The molecule has 1 aliphatic heterocycles. The van der Waals surface area contributed by atoms with E-state index in [2.05, 4.69) is 31.6 Å². The van der Waals surface area contributed by atoms with Gasteiger partial charge >= 0.3 is 6.03 Å². The molecule has 0 aliphatic carbocycles. The number of nitrogens with zero attached hydrogens (tertiary/aromatic N) is 4. The van der Waals surface area contributed by atoms with Crippen molar-refractivity contribution >= 4 is 23.5 Å². The van der Waals surface area contributed by atoms with E-state index in [1.54, 1.807) is 0 Å². The Morgan fingerprint density at radius 1 is 1.00 bits per heavy atom. The molecule has 0 saturated carbocycles. The maximum atomic E-state index is 12.6. The fourth-order valence-corrected chi connectivity index (χ4v) is 3.34. The Kier molecular flexibility index (Phi) is 5.78. The summed E-state index contributed by atoms with van der Waals surface area (Å²) in [5.41, 5.74) is 4.07. The van der Waals surface area contributed by atoms with E-state index in [1.807, 2.05) is 50.8 Å². The van der Waals surface area contributed by atoms with E-state index in [-0.39, 0.29) is 6.03 Å². The molecular weight excluding hydrogens is 340 g/mol. The highest BCUT2D eigenvalue weighted by Gasteiger charge is 2.22. The molecule has 3 rings (SSSR count). The number of aromatic nitrogens is 2. The van der Waals surface area contributed by atoms with Crippen LogP contribution in [0.4, 0.5) is 22.2 Å². The fraction of sp³-hybridized carbons (Fsp3) is 0.450. The molecule has 2 heterocycles. The first-order valence-electron chi connectivity index (χ1n) is 9.43. The summed E-state index contributed by atoms with van der Waals surface area (Å²) in [5, 5.41) is 6.18. The molecule has 0 bridgehead atoms.